The van der Waals surface area contributed by atoms with Crippen LogP contribution in [0.1, 0.15) is 38.3 Å². The highest BCUT2D eigenvalue weighted by molar-refractivity contribution is 7.99. The summed E-state index contributed by atoms with van der Waals surface area (Å²) in [6.45, 7) is 5.57. The zero-order chi connectivity index (χ0) is 11.8. The van der Waals surface area contributed by atoms with Crippen molar-refractivity contribution in [3.63, 3.8) is 0 Å². The van der Waals surface area contributed by atoms with Crippen molar-refractivity contribution < 1.29 is 0 Å². The summed E-state index contributed by atoms with van der Waals surface area (Å²) in [5, 5.41) is 3.38. The van der Waals surface area contributed by atoms with Gasteiger partial charge >= 0.3 is 0 Å². The van der Waals surface area contributed by atoms with E-state index in [0.717, 1.165) is 6.54 Å². The fourth-order valence-electron chi connectivity index (χ4n) is 1.89. The Morgan fingerprint density at radius 1 is 1.44 bits per heavy atom. The fraction of sp³-hybridized carbons (Fsp3) is 0.692. The molecule has 1 rings (SSSR count). The molecule has 3 heteroatoms. The largest absolute Gasteiger partial charge is 0.353 e. The molecule has 1 aromatic rings. The molecule has 92 valence electrons. The van der Waals surface area contributed by atoms with Gasteiger partial charge in [-0.3, -0.25) is 0 Å². The minimum absolute atomic E-state index is 0.519. The Morgan fingerprint density at radius 3 is 2.88 bits per heavy atom. The lowest BCUT2D eigenvalue weighted by Gasteiger charge is -2.13. The maximum atomic E-state index is 3.38. The Hall–Kier alpha value is -0.410. The SMILES string of the molecule is CCCC(NC)c1ccn(CCSCC)c1. The smallest absolute Gasteiger partial charge is 0.0332 e. The predicted molar refractivity (Wildman–Crippen MR) is 74.1 cm³/mol. The molecule has 0 fully saturated rings. The van der Waals surface area contributed by atoms with E-state index in [1.165, 1.54) is 29.9 Å². The van der Waals surface area contributed by atoms with Crippen molar-refractivity contribution in [3.05, 3.63) is 24.0 Å². The summed E-state index contributed by atoms with van der Waals surface area (Å²) >= 11 is 2.00. The number of aromatic nitrogens is 1. The Bertz CT molecular complexity index is 283. The van der Waals surface area contributed by atoms with Gasteiger partial charge in [-0.15, -0.1) is 0 Å². The van der Waals surface area contributed by atoms with Crippen molar-refractivity contribution in [3.8, 4) is 0 Å². The molecule has 1 N–H and O–H groups in total. The number of rotatable bonds is 8. The first-order chi connectivity index (χ1) is 7.81. The van der Waals surface area contributed by atoms with E-state index in [1.54, 1.807) is 0 Å². The van der Waals surface area contributed by atoms with Crippen LogP contribution in [0.25, 0.3) is 0 Å². The van der Waals surface area contributed by atoms with Gasteiger partial charge in [0.15, 0.2) is 0 Å². The third-order valence-electron chi connectivity index (χ3n) is 2.80. The highest BCUT2D eigenvalue weighted by Crippen LogP contribution is 2.18. The second kappa shape index (κ2) is 7.80. The quantitative estimate of drug-likeness (QED) is 0.702. The van der Waals surface area contributed by atoms with Gasteiger partial charge in [0.25, 0.3) is 0 Å². The van der Waals surface area contributed by atoms with E-state index >= 15 is 0 Å². The Morgan fingerprint density at radius 2 is 2.25 bits per heavy atom. The van der Waals surface area contributed by atoms with Crippen LogP contribution in [0.3, 0.4) is 0 Å². The molecule has 1 aromatic heterocycles. The average Bonchev–Trinajstić information content (AvgIpc) is 2.75. The minimum atomic E-state index is 0.519. The van der Waals surface area contributed by atoms with E-state index in [9.17, 15) is 0 Å². The van der Waals surface area contributed by atoms with Gasteiger partial charge in [-0.05, 0) is 30.9 Å². The van der Waals surface area contributed by atoms with Crippen LogP contribution in [0.4, 0.5) is 0 Å². The first kappa shape index (κ1) is 13.7. The molecular weight excluding hydrogens is 216 g/mol. The Kier molecular flexibility index (Phi) is 6.65. The third kappa shape index (κ3) is 4.22. The molecule has 0 saturated heterocycles. The van der Waals surface area contributed by atoms with Crippen molar-refractivity contribution in [1.82, 2.24) is 9.88 Å². The second-order valence-electron chi connectivity index (χ2n) is 4.01. The number of hydrogen-bond donors (Lipinski definition) is 1. The number of aryl methyl sites for hydroxylation is 1. The standard InChI is InChI=1S/C13H24N2S/c1-4-6-13(14-3)12-7-8-15(11-12)9-10-16-5-2/h7-8,11,13-14H,4-6,9-10H2,1-3H3. The number of hydrogen-bond acceptors (Lipinski definition) is 2. The molecule has 0 aromatic carbocycles. The van der Waals surface area contributed by atoms with Crippen LogP contribution < -0.4 is 5.32 Å². The molecule has 1 unspecified atom stereocenters. The summed E-state index contributed by atoms with van der Waals surface area (Å²) in [6, 6.07) is 2.76. The molecule has 2 nitrogen and oxygen atoms in total. The summed E-state index contributed by atoms with van der Waals surface area (Å²) in [5.74, 6) is 2.42. The second-order valence-corrected chi connectivity index (χ2v) is 5.40. The van der Waals surface area contributed by atoms with Crippen molar-refractivity contribution in [2.45, 2.75) is 39.3 Å². The van der Waals surface area contributed by atoms with Gasteiger partial charge in [-0.25, -0.2) is 0 Å². The maximum absolute atomic E-state index is 3.38. The first-order valence-electron chi connectivity index (χ1n) is 6.22. The number of nitrogens with one attached hydrogen (secondary N) is 1. The lowest BCUT2D eigenvalue weighted by molar-refractivity contribution is 0.540. The van der Waals surface area contributed by atoms with Gasteiger partial charge < -0.3 is 9.88 Å². The minimum Gasteiger partial charge on any atom is -0.353 e. The summed E-state index contributed by atoms with van der Waals surface area (Å²) in [7, 11) is 2.05. The Balaban J connectivity index is 2.48. The molecule has 0 spiro atoms. The molecule has 0 aliphatic rings. The molecule has 0 aliphatic carbocycles. The normalized spacial score (nSPS) is 12.9. The van der Waals surface area contributed by atoms with Crippen LogP contribution in [-0.2, 0) is 6.54 Å². The van der Waals surface area contributed by atoms with Crippen molar-refractivity contribution in [1.29, 1.82) is 0 Å². The van der Waals surface area contributed by atoms with Crippen molar-refractivity contribution >= 4 is 11.8 Å². The highest BCUT2D eigenvalue weighted by atomic mass is 32.2. The molecule has 0 amide bonds. The van der Waals surface area contributed by atoms with Crippen LogP contribution in [-0.4, -0.2) is 23.1 Å². The zero-order valence-corrected chi connectivity index (χ0v) is 11.5. The zero-order valence-electron chi connectivity index (χ0n) is 10.7. The number of thioether (sulfide) groups is 1. The van der Waals surface area contributed by atoms with Gasteiger partial charge in [0.1, 0.15) is 0 Å². The Labute approximate surface area is 104 Å². The summed E-state index contributed by atoms with van der Waals surface area (Å²) in [6.07, 6.45) is 6.92. The van der Waals surface area contributed by atoms with Crippen LogP contribution in [0, 0.1) is 0 Å². The fourth-order valence-corrected chi connectivity index (χ4v) is 2.51. The molecule has 16 heavy (non-hydrogen) atoms. The summed E-state index contributed by atoms with van der Waals surface area (Å²) in [5.41, 5.74) is 1.42. The monoisotopic (exact) mass is 240 g/mol. The summed E-state index contributed by atoms with van der Waals surface area (Å²) < 4.78 is 2.30. The van der Waals surface area contributed by atoms with Crippen LogP contribution >= 0.6 is 11.8 Å². The van der Waals surface area contributed by atoms with Gasteiger partial charge in [0.05, 0.1) is 0 Å². The van der Waals surface area contributed by atoms with E-state index in [4.69, 9.17) is 0 Å². The van der Waals surface area contributed by atoms with Crippen molar-refractivity contribution in [2.24, 2.45) is 0 Å². The van der Waals surface area contributed by atoms with Gasteiger partial charge in [0.2, 0.25) is 0 Å². The van der Waals surface area contributed by atoms with Gasteiger partial charge in [-0.2, -0.15) is 11.8 Å². The molecule has 0 aliphatic heterocycles. The van der Waals surface area contributed by atoms with E-state index in [1.807, 2.05) is 18.8 Å². The molecule has 1 heterocycles. The van der Waals surface area contributed by atoms with E-state index in [-0.39, 0.29) is 0 Å². The van der Waals surface area contributed by atoms with Gasteiger partial charge in [0, 0.05) is 30.7 Å². The molecular formula is C13H24N2S. The lowest BCUT2D eigenvalue weighted by atomic mass is 10.1. The molecule has 1 atom stereocenters. The van der Waals surface area contributed by atoms with Crippen molar-refractivity contribution in [2.75, 3.05) is 18.6 Å². The summed E-state index contributed by atoms with van der Waals surface area (Å²) in [4.78, 5) is 0. The van der Waals surface area contributed by atoms with Crippen LogP contribution in [0.15, 0.2) is 18.5 Å². The molecule has 0 saturated carbocycles. The molecule has 0 bridgehead atoms. The van der Waals surface area contributed by atoms with E-state index < -0.39 is 0 Å². The predicted octanol–water partition coefficient (Wildman–Crippen LogP) is 3.30. The highest BCUT2D eigenvalue weighted by Gasteiger charge is 2.08. The van der Waals surface area contributed by atoms with Gasteiger partial charge in [-0.1, -0.05) is 20.3 Å². The van der Waals surface area contributed by atoms with E-state index in [2.05, 4.69) is 42.2 Å². The van der Waals surface area contributed by atoms with E-state index in [0.29, 0.717) is 6.04 Å². The average molecular weight is 240 g/mol. The first-order valence-corrected chi connectivity index (χ1v) is 7.38. The lowest BCUT2D eigenvalue weighted by Crippen LogP contribution is -2.15. The number of nitrogens with zero attached hydrogens (tertiary/aromatic N) is 1. The third-order valence-corrected chi connectivity index (χ3v) is 3.68. The topological polar surface area (TPSA) is 17.0 Å². The molecule has 0 radical (unpaired) electrons. The maximum Gasteiger partial charge on any atom is 0.0332 e. The van der Waals surface area contributed by atoms with Crippen LogP contribution in [0.2, 0.25) is 0 Å². The van der Waals surface area contributed by atoms with Crippen LogP contribution in [0.5, 0.6) is 0 Å².